The Hall–Kier alpha value is -1.78. The topological polar surface area (TPSA) is 47.7 Å². The molecule has 1 unspecified atom stereocenters. The van der Waals surface area contributed by atoms with Crippen LogP contribution in [-0.2, 0) is 13.5 Å². The molecular weight excluding hydrogens is 214 g/mol. The summed E-state index contributed by atoms with van der Waals surface area (Å²) in [5, 5.41) is 12.3. The van der Waals surface area contributed by atoms with Crippen LogP contribution < -0.4 is 5.32 Å². The largest absolute Gasteiger partial charge is 0.370 e. The van der Waals surface area contributed by atoms with Gasteiger partial charge in [0.25, 0.3) is 0 Å². The highest BCUT2D eigenvalue weighted by Crippen LogP contribution is 2.29. The van der Waals surface area contributed by atoms with Gasteiger partial charge >= 0.3 is 0 Å². The van der Waals surface area contributed by atoms with Crippen molar-refractivity contribution in [3.8, 4) is 0 Å². The van der Waals surface area contributed by atoms with E-state index in [0.717, 1.165) is 30.9 Å². The van der Waals surface area contributed by atoms with Gasteiger partial charge in [-0.15, -0.1) is 0 Å². The maximum atomic E-state index is 4.66. The summed E-state index contributed by atoms with van der Waals surface area (Å²) in [6.45, 7) is 3.12. The highest BCUT2D eigenvalue weighted by molar-refractivity contribution is 5.40. The van der Waals surface area contributed by atoms with E-state index in [9.17, 15) is 0 Å². The van der Waals surface area contributed by atoms with Crippen molar-refractivity contribution in [2.24, 2.45) is 7.05 Å². The molecule has 2 aromatic rings. The Morgan fingerprint density at radius 2 is 2.41 bits per heavy atom. The van der Waals surface area contributed by atoms with Crippen molar-refractivity contribution in [3.05, 3.63) is 29.7 Å². The van der Waals surface area contributed by atoms with Crippen molar-refractivity contribution in [2.45, 2.75) is 25.8 Å². The van der Waals surface area contributed by atoms with E-state index in [2.05, 4.69) is 39.3 Å². The molecule has 0 radical (unpaired) electrons. The highest BCUT2D eigenvalue weighted by atomic mass is 15.4. The number of aryl methyl sites for hydroxylation is 2. The molecule has 0 aromatic carbocycles. The van der Waals surface area contributed by atoms with E-state index in [1.807, 2.05) is 17.9 Å². The summed E-state index contributed by atoms with van der Waals surface area (Å²) in [5.74, 6) is 1.12. The first-order valence-electron chi connectivity index (χ1n) is 6.09. The van der Waals surface area contributed by atoms with E-state index >= 15 is 0 Å². The normalized spacial score (nSPS) is 18.8. The van der Waals surface area contributed by atoms with E-state index in [0.29, 0.717) is 6.04 Å². The third-order valence-electron chi connectivity index (χ3n) is 3.37. The third-order valence-corrected chi connectivity index (χ3v) is 3.37. The lowest BCUT2D eigenvalue weighted by Crippen LogP contribution is -2.25. The van der Waals surface area contributed by atoms with Crippen LogP contribution in [0.2, 0.25) is 0 Å². The van der Waals surface area contributed by atoms with Crippen molar-refractivity contribution in [1.82, 2.24) is 19.6 Å². The molecule has 5 nitrogen and oxygen atoms in total. The van der Waals surface area contributed by atoms with E-state index < -0.39 is 0 Å². The van der Waals surface area contributed by atoms with Crippen LogP contribution in [-0.4, -0.2) is 26.1 Å². The monoisotopic (exact) mass is 231 g/mol. The summed E-state index contributed by atoms with van der Waals surface area (Å²) in [5.41, 5.74) is 2.36. The Morgan fingerprint density at radius 3 is 3.12 bits per heavy atom. The fourth-order valence-electron chi connectivity index (χ4n) is 2.43. The molecule has 0 saturated carbocycles. The molecule has 0 saturated heterocycles. The SMILES string of the molecule is CCc1cc2n(n1)C(c1ccnn1C)CCN2. The van der Waals surface area contributed by atoms with Crippen LogP contribution in [0.4, 0.5) is 5.82 Å². The Balaban J connectivity index is 2.04. The molecule has 1 aliphatic rings. The standard InChI is InChI=1S/C12H17N5/c1-3-9-8-12-13-6-4-11(17(12)15-9)10-5-7-14-16(10)2/h5,7-8,11,13H,3-4,6H2,1-2H3. The van der Waals surface area contributed by atoms with Crippen LogP contribution in [0, 0.1) is 0 Å². The zero-order valence-corrected chi connectivity index (χ0v) is 10.2. The molecule has 17 heavy (non-hydrogen) atoms. The van der Waals surface area contributed by atoms with Crippen molar-refractivity contribution in [2.75, 3.05) is 11.9 Å². The molecule has 1 atom stereocenters. The predicted octanol–water partition coefficient (Wildman–Crippen LogP) is 1.58. The minimum Gasteiger partial charge on any atom is -0.370 e. The second-order valence-corrected chi connectivity index (χ2v) is 4.43. The van der Waals surface area contributed by atoms with Gasteiger partial charge in [0.05, 0.1) is 17.4 Å². The average Bonchev–Trinajstić information content (AvgIpc) is 2.93. The first-order chi connectivity index (χ1) is 8.29. The van der Waals surface area contributed by atoms with Gasteiger partial charge in [0.1, 0.15) is 5.82 Å². The number of rotatable bonds is 2. The summed E-state index contributed by atoms with van der Waals surface area (Å²) in [7, 11) is 1.99. The Bertz CT molecular complexity index is 525. The van der Waals surface area contributed by atoms with Gasteiger partial charge < -0.3 is 5.32 Å². The number of nitrogens with one attached hydrogen (secondary N) is 1. The lowest BCUT2D eigenvalue weighted by Gasteiger charge is -2.25. The fourth-order valence-corrected chi connectivity index (χ4v) is 2.43. The fraction of sp³-hybridized carbons (Fsp3) is 0.500. The molecule has 1 aliphatic heterocycles. The zero-order chi connectivity index (χ0) is 11.8. The molecule has 1 N–H and O–H groups in total. The number of fused-ring (bicyclic) bond motifs is 1. The number of hydrogen-bond acceptors (Lipinski definition) is 3. The molecule has 0 fully saturated rings. The van der Waals surface area contributed by atoms with Gasteiger partial charge in [-0.1, -0.05) is 6.92 Å². The predicted molar refractivity (Wildman–Crippen MR) is 66.1 cm³/mol. The second-order valence-electron chi connectivity index (χ2n) is 4.43. The molecule has 3 heterocycles. The van der Waals surface area contributed by atoms with Crippen molar-refractivity contribution in [1.29, 1.82) is 0 Å². The number of anilines is 1. The molecule has 0 amide bonds. The van der Waals surface area contributed by atoms with E-state index in [1.165, 1.54) is 5.69 Å². The average molecular weight is 231 g/mol. The van der Waals surface area contributed by atoms with Crippen LogP contribution >= 0.6 is 0 Å². The first-order valence-corrected chi connectivity index (χ1v) is 6.09. The van der Waals surface area contributed by atoms with Crippen molar-refractivity contribution in [3.63, 3.8) is 0 Å². The second kappa shape index (κ2) is 3.91. The molecule has 3 rings (SSSR count). The van der Waals surface area contributed by atoms with Crippen LogP contribution in [0.3, 0.4) is 0 Å². The van der Waals surface area contributed by atoms with E-state index in [-0.39, 0.29) is 0 Å². The first kappa shape index (κ1) is 10.4. The van der Waals surface area contributed by atoms with Crippen molar-refractivity contribution >= 4 is 5.82 Å². The minimum atomic E-state index is 0.305. The molecule has 2 aromatic heterocycles. The molecule has 0 bridgehead atoms. The van der Waals surface area contributed by atoms with Gasteiger partial charge in [-0.25, -0.2) is 4.68 Å². The number of aromatic nitrogens is 4. The van der Waals surface area contributed by atoms with E-state index in [4.69, 9.17) is 0 Å². The van der Waals surface area contributed by atoms with Crippen LogP contribution in [0.5, 0.6) is 0 Å². The lowest BCUT2D eigenvalue weighted by molar-refractivity contribution is 0.450. The Labute approximate surface area is 100 Å². The van der Waals surface area contributed by atoms with Gasteiger partial charge in [-0.2, -0.15) is 10.2 Å². The zero-order valence-electron chi connectivity index (χ0n) is 10.2. The van der Waals surface area contributed by atoms with Gasteiger partial charge in [-0.05, 0) is 18.9 Å². The molecular formula is C12H17N5. The van der Waals surface area contributed by atoms with Gasteiger partial charge in [0.2, 0.25) is 0 Å². The molecule has 5 heteroatoms. The smallest absolute Gasteiger partial charge is 0.125 e. The van der Waals surface area contributed by atoms with Crippen LogP contribution in [0.1, 0.15) is 30.8 Å². The number of nitrogens with zero attached hydrogens (tertiary/aromatic N) is 4. The van der Waals surface area contributed by atoms with Gasteiger partial charge in [0.15, 0.2) is 0 Å². The van der Waals surface area contributed by atoms with Crippen LogP contribution in [0.15, 0.2) is 18.3 Å². The maximum Gasteiger partial charge on any atom is 0.125 e. The molecule has 0 aliphatic carbocycles. The Morgan fingerprint density at radius 1 is 1.53 bits per heavy atom. The van der Waals surface area contributed by atoms with Crippen LogP contribution in [0.25, 0.3) is 0 Å². The highest BCUT2D eigenvalue weighted by Gasteiger charge is 2.24. The lowest BCUT2D eigenvalue weighted by atomic mass is 10.1. The van der Waals surface area contributed by atoms with E-state index in [1.54, 1.807) is 0 Å². The minimum absolute atomic E-state index is 0.305. The molecule has 0 spiro atoms. The Kier molecular flexibility index (Phi) is 2.39. The summed E-state index contributed by atoms with van der Waals surface area (Å²) in [6.07, 6.45) is 3.87. The quantitative estimate of drug-likeness (QED) is 0.853. The summed E-state index contributed by atoms with van der Waals surface area (Å²) >= 11 is 0. The molecule has 90 valence electrons. The third kappa shape index (κ3) is 1.62. The van der Waals surface area contributed by atoms with Gasteiger partial charge in [-0.3, -0.25) is 4.68 Å². The maximum absolute atomic E-state index is 4.66. The summed E-state index contributed by atoms with van der Waals surface area (Å²) < 4.78 is 4.03. The summed E-state index contributed by atoms with van der Waals surface area (Å²) in [4.78, 5) is 0. The van der Waals surface area contributed by atoms with Gasteiger partial charge in [0, 0.05) is 25.9 Å². The number of hydrogen-bond donors (Lipinski definition) is 1. The van der Waals surface area contributed by atoms with Crippen molar-refractivity contribution < 1.29 is 0 Å². The summed E-state index contributed by atoms with van der Waals surface area (Å²) in [6, 6.07) is 4.52.